The number of aromatic hydroxyl groups is 1. The average Bonchev–Trinajstić information content (AvgIpc) is 2.68. The summed E-state index contributed by atoms with van der Waals surface area (Å²) in [6, 6.07) is 14.3. The number of amides is 1. The molecule has 3 rings (SSSR count). The van der Waals surface area contributed by atoms with E-state index in [9.17, 15) is 9.90 Å². The number of anilines is 1. The summed E-state index contributed by atoms with van der Waals surface area (Å²) in [5.41, 5.74) is 4.58. The summed E-state index contributed by atoms with van der Waals surface area (Å²) < 4.78 is 5.47. The van der Waals surface area contributed by atoms with E-state index in [1.807, 2.05) is 23.2 Å². The van der Waals surface area contributed by atoms with Gasteiger partial charge in [-0.1, -0.05) is 18.7 Å². The molecule has 0 unspecified atom stereocenters. The molecule has 0 atom stereocenters. The van der Waals surface area contributed by atoms with Crippen molar-refractivity contribution in [3.63, 3.8) is 0 Å². The predicted molar refractivity (Wildman–Crippen MR) is 101 cm³/mol. The molecule has 2 N–H and O–H groups in total. The average molecular weight is 353 g/mol. The Hall–Kier alpha value is -2.99. The Kier molecular flexibility index (Phi) is 5.76. The summed E-state index contributed by atoms with van der Waals surface area (Å²) in [5, 5.41) is 11.3. The van der Waals surface area contributed by atoms with Crippen LogP contribution in [0.2, 0.25) is 0 Å². The lowest BCUT2D eigenvalue weighted by Crippen LogP contribution is -2.53. The topological polar surface area (TPSA) is 65.0 Å². The Morgan fingerprint density at radius 3 is 2.58 bits per heavy atom. The van der Waals surface area contributed by atoms with Crippen molar-refractivity contribution in [1.29, 1.82) is 0 Å². The van der Waals surface area contributed by atoms with E-state index in [4.69, 9.17) is 4.74 Å². The van der Waals surface area contributed by atoms with E-state index in [0.29, 0.717) is 17.9 Å². The van der Waals surface area contributed by atoms with Gasteiger partial charge in [0.05, 0.1) is 0 Å². The second kappa shape index (κ2) is 8.40. The summed E-state index contributed by atoms with van der Waals surface area (Å²) in [6.45, 7) is 7.06. The lowest BCUT2D eigenvalue weighted by molar-refractivity contribution is 0.0777. The SMILES string of the molecule is C=CCOc1cccc(C(=O)NN2CCN(c3ccc(O)cc3)CC2)c1. The normalized spacial score (nSPS) is 14.7. The fourth-order valence-electron chi connectivity index (χ4n) is 2.83. The summed E-state index contributed by atoms with van der Waals surface area (Å²) in [7, 11) is 0. The Morgan fingerprint density at radius 2 is 1.88 bits per heavy atom. The minimum atomic E-state index is -0.146. The maximum absolute atomic E-state index is 12.5. The van der Waals surface area contributed by atoms with Gasteiger partial charge in [-0.05, 0) is 42.5 Å². The molecule has 1 aliphatic heterocycles. The molecule has 0 bridgehead atoms. The lowest BCUT2D eigenvalue weighted by atomic mass is 10.2. The number of hydrogen-bond acceptors (Lipinski definition) is 5. The van der Waals surface area contributed by atoms with Crippen LogP contribution >= 0.6 is 0 Å². The summed E-state index contributed by atoms with van der Waals surface area (Å²) in [5.74, 6) is 0.765. The van der Waals surface area contributed by atoms with Crippen molar-refractivity contribution in [2.45, 2.75) is 0 Å². The molecule has 0 spiro atoms. The van der Waals surface area contributed by atoms with Crippen LogP contribution in [0.1, 0.15) is 10.4 Å². The van der Waals surface area contributed by atoms with Gasteiger partial charge in [0.25, 0.3) is 5.91 Å². The molecule has 1 aliphatic rings. The zero-order chi connectivity index (χ0) is 18.4. The van der Waals surface area contributed by atoms with Gasteiger partial charge in [0.15, 0.2) is 0 Å². The number of benzene rings is 2. The molecule has 2 aromatic carbocycles. The van der Waals surface area contributed by atoms with Gasteiger partial charge in [0.1, 0.15) is 18.1 Å². The molecule has 1 amide bonds. The van der Waals surface area contributed by atoms with Crippen LogP contribution < -0.4 is 15.1 Å². The number of phenolic OH excluding ortho intramolecular Hbond substituents is 1. The van der Waals surface area contributed by atoms with Gasteiger partial charge in [0.2, 0.25) is 0 Å². The van der Waals surface area contributed by atoms with Gasteiger partial charge in [0, 0.05) is 37.4 Å². The lowest BCUT2D eigenvalue weighted by Gasteiger charge is -2.36. The van der Waals surface area contributed by atoms with Crippen molar-refractivity contribution in [3.8, 4) is 11.5 Å². The van der Waals surface area contributed by atoms with Crippen molar-refractivity contribution in [3.05, 3.63) is 66.7 Å². The van der Waals surface area contributed by atoms with E-state index in [-0.39, 0.29) is 11.7 Å². The number of rotatable bonds is 6. The first-order valence-corrected chi connectivity index (χ1v) is 8.59. The number of hydrazine groups is 1. The Labute approximate surface area is 153 Å². The van der Waals surface area contributed by atoms with Crippen LogP contribution in [0.25, 0.3) is 0 Å². The molecule has 0 aliphatic carbocycles. The molecule has 6 heteroatoms. The molecule has 1 saturated heterocycles. The van der Waals surface area contributed by atoms with Crippen molar-refractivity contribution >= 4 is 11.6 Å². The van der Waals surface area contributed by atoms with Crippen LogP contribution in [0.15, 0.2) is 61.2 Å². The molecular formula is C20H23N3O3. The number of ether oxygens (including phenoxy) is 1. The van der Waals surface area contributed by atoms with E-state index >= 15 is 0 Å². The van der Waals surface area contributed by atoms with Crippen LogP contribution in [-0.4, -0.2) is 48.8 Å². The highest BCUT2D eigenvalue weighted by molar-refractivity contribution is 5.94. The van der Waals surface area contributed by atoms with Crippen molar-refractivity contribution in [2.75, 3.05) is 37.7 Å². The first-order valence-electron chi connectivity index (χ1n) is 8.59. The molecular weight excluding hydrogens is 330 g/mol. The van der Waals surface area contributed by atoms with Crippen molar-refractivity contribution < 1.29 is 14.6 Å². The molecule has 26 heavy (non-hydrogen) atoms. The summed E-state index contributed by atoms with van der Waals surface area (Å²) in [6.07, 6.45) is 1.67. The fourth-order valence-corrected chi connectivity index (χ4v) is 2.83. The number of carbonyl (C=O) groups excluding carboxylic acids is 1. The third-order valence-corrected chi connectivity index (χ3v) is 4.22. The highest BCUT2D eigenvalue weighted by Gasteiger charge is 2.19. The number of carbonyl (C=O) groups is 1. The van der Waals surface area contributed by atoms with Crippen LogP contribution in [0.5, 0.6) is 11.5 Å². The fraction of sp³-hybridized carbons (Fsp3) is 0.250. The summed E-state index contributed by atoms with van der Waals surface area (Å²) in [4.78, 5) is 14.7. The standard InChI is InChI=1S/C20H23N3O3/c1-2-14-26-19-5-3-4-16(15-19)20(25)21-23-12-10-22(11-13-23)17-6-8-18(24)9-7-17/h2-9,15,24H,1,10-14H2,(H,21,25). The van der Waals surface area contributed by atoms with E-state index in [2.05, 4.69) is 16.9 Å². The van der Waals surface area contributed by atoms with Crippen LogP contribution in [0.4, 0.5) is 5.69 Å². The molecule has 0 saturated carbocycles. The number of nitrogens with one attached hydrogen (secondary N) is 1. The first-order chi connectivity index (χ1) is 12.7. The largest absolute Gasteiger partial charge is 0.508 e. The number of hydrogen-bond donors (Lipinski definition) is 2. The van der Waals surface area contributed by atoms with E-state index in [0.717, 1.165) is 31.9 Å². The summed E-state index contributed by atoms with van der Waals surface area (Å²) >= 11 is 0. The van der Waals surface area contributed by atoms with Crippen LogP contribution in [0, 0.1) is 0 Å². The first kappa shape index (κ1) is 17.8. The second-order valence-corrected chi connectivity index (χ2v) is 6.06. The van der Waals surface area contributed by atoms with E-state index < -0.39 is 0 Å². The monoisotopic (exact) mass is 353 g/mol. The van der Waals surface area contributed by atoms with Crippen LogP contribution in [-0.2, 0) is 0 Å². The third-order valence-electron chi connectivity index (χ3n) is 4.22. The van der Waals surface area contributed by atoms with Crippen molar-refractivity contribution in [1.82, 2.24) is 10.4 Å². The van der Waals surface area contributed by atoms with Gasteiger partial charge in [-0.2, -0.15) is 0 Å². The van der Waals surface area contributed by atoms with Crippen molar-refractivity contribution in [2.24, 2.45) is 0 Å². The number of phenols is 1. The predicted octanol–water partition coefficient (Wildman–Crippen LogP) is 2.42. The van der Waals surface area contributed by atoms with Gasteiger partial charge in [-0.15, -0.1) is 0 Å². The zero-order valence-electron chi connectivity index (χ0n) is 14.6. The molecule has 0 aromatic heterocycles. The molecule has 1 fully saturated rings. The van der Waals surface area contributed by atoms with Gasteiger partial charge >= 0.3 is 0 Å². The van der Waals surface area contributed by atoms with Gasteiger partial charge < -0.3 is 14.7 Å². The van der Waals surface area contributed by atoms with Gasteiger partial charge in [-0.3, -0.25) is 10.2 Å². The Balaban J connectivity index is 1.53. The molecule has 0 radical (unpaired) electrons. The molecule has 6 nitrogen and oxygen atoms in total. The number of piperazine rings is 1. The second-order valence-electron chi connectivity index (χ2n) is 6.06. The minimum Gasteiger partial charge on any atom is -0.508 e. The Morgan fingerprint density at radius 1 is 1.15 bits per heavy atom. The molecule has 136 valence electrons. The van der Waals surface area contributed by atoms with Crippen LogP contribution in [0.3, 0.4) is 0 Å². The smallest absolute Gasteiger partial charge is 0.265 e. The quantitative estimate of drug-likeness (QED) is 0.781. The zero-order valence-corrected chi connectivity index (χ0v) is 14.6. The molecule has 1 heterocycles. The van der Waals surface area contributed by atoms with Gasteiger partial charge in [-0.25, -0.2) is 5.01 Å². The highest BCUT2D eigenvalue weighted by Crippen LogP contribution is 2.19. The molecule has 2 aromatic rings. The minimum absolute atomic E-state index is 0.146. The van der Waals surface area contributed by atoms with E-state index in [1.165, 1.54) is 0 Å². The maximum atomic E-state index is 12.5. The number of nitrogens with zero attached hydrogens (tertiary/aromatic N) is 2. The highest BCUT2D eigenvalue weighted by atomic mass is 16.5. The third kappa shape index (κ3) is 4.55. The Bertz CT molecular complexity index is 753. The maximum Gasteiger partial charge on any atom is 0.265 e. The van der Waals surface area contributed by atoms with E-state index in [1.54, 1.807) is 36.4 Å².